The molecule has 138 valence electrons. The maximum Gasteiger partial charge on any atom is 0.407 e. The molecule has 0 aliphatic carbocycles. The van der Waals surface area contributed by atoms with Gasteiger partial charge >= 0.3 is 6.09 Å². The summed E-state index contributed by atoms with van der Waals surface area (Å²) in [7, 11) is 0. The molecular formula is C20H25N3O3. The van der Waals surface area contributed by atoms with E-state index in [0.717, 1.165) is 11.1 Å². The molecule has 0 spiro atoms. The normalized spacial score (nSPS) is 12.8. The molecule has 6 nitrogen and oxygen atoms in total. The summed E-state index contributed by atoms with van der Waals surface area (Å²) in [5.74, 6) is -0.298. The first-order valence-electron chi connectivity index (χ1n) is 8.58. The molecule has 2 amide bonds. The Kier molecular flexibility index (Phi) is 7.17. The summed E-state index contributed by atoms with van der Waals surface area (Å²) in [6, 6.07) is 18.0. The molecule has 1 unspecified atom stereocenters. The Balaban J connectivity index is 2.19. The molecule has 2 rings (SSSR count). The number of nitrogens with zero attached hydrogens (tertiary/aromatic N) is 1. The van der Waals surface area contributed by atoms with Crippen molar-refractivity contribution in [2.45, 2.75) is 32.0 Å². The van der Waals surface area contributed by atoms with E-state index in [1.165, 1.54) is 4.90 Å². The van der Waals surface area contributed by atoms with Gasteiger partial charge in [0.15, 0.2) is 0 Å². The smallest absolute Gasteiger partial charge is 0.407 e. The zero-order chi connectivity index (χ0) is 18.9. The number of hydrogen-bond donors (Lipinski definition) is 3. The van der Waals surface area contributed by atoms with Crippen molar-refractivity contribution < 1.29 is 14.7 Å². The number of hydrogen-bond acceptors (Lipinski definition) is 3. The molecule has 26 heavy (non-hydrogen) atoms. The first-order valence-corrected chi connectivity index (χ1v) is 8.58. The first kappa shape index (κ1) is 19.5. The minimum atomic E-state index is -1.02. The zero-order valence-corrected chi connectivity index (χ0v) is 14.8. The Labute approximate surface area is 153 Å². The van der Waals surface area contributed by atoms with E-state index in [4.69, 9.17) is 5.73 Å². The molecular weight excluding hydrogens is 330 g/mol. The number of benzene rings is 2. The van der Waals surface area contributed by atoms with Gasteiger partial charge in [-0.25, -0.2) is 4.79 Å². The minimum absolute atomic E-state index is 0.203. The molecule has 0 radical (unpaired) electrons. The lowest BCUT2D eigenvalue weighted by atomic mass is 10.0. The predicted molar refractivity (Wildman–Crippen MR) is 101 cm³/mol. The van der Waals surface area contributed by atoms with Crippen LogP contribution < -0.4 is 11.1 Å². The van der Waals surface area contributed by atoms with E-state index in [1.807, 2.05) is 60.7 Å². The third-order valence-corrected chi connectivity index (χ3v) is 4.12. The zero-order valence-electron chi connectivity index (χ0n) is 14.8. The summed E-state index contributed by atoms with van der Waals surface area (Å²) >= 11 is 0. The van der Waals surface area contributed by atoms with Crippen LogP contribution in [0.3, 0.4) is 0 Å². The highest BCUT2D eigenvalue weighted by Crippen LogP contribution is 2.13. The van der Waals surface area contributed by atoms with Crippen LogP contribution in [0.25, 0.3) is 0 Å². The first-order chi connectivity index (χ1) is 12.5. The van der Waals surface area contributed by atoms with E-state index in [0.29, 0.717) is 6.42 Å². The van der Waals surface area contributed by atoms with Crippen molar-refractivity contribution in [2.24, 2.45) is 5.73 Å². The maximum atomic E-state index is 11.9. The van der Waals surface area contributed by atoms with Crippen molar-refractivity contribution in [1.82, 2.24) is 10.2 Å². The number of nitrogens with two attached hydrogens (primary N) is 1. The Morgan fingerprint density at radius 1 is 1.04 bits per heavy atom. The number of carboxylic acid groups (broad SMARTS) is 1. The summed E-state index contributed by atoms with van der Waals surface area (Å²) in [6.45, 7) is 2.05. The van der Waals surface area contributed by atoms with Gasteiger partial charge < -0.3 is 16.2 Å². The lowest BCUT2D eigenvalue weighted by Gasteiger charge is -2.30. The fraction of sp³-hybridized carbons (Fsp3) is 0.300. The molecule has 2 atom stereocenters. The van der Waals surface area contributed by atoms with Gasteiger partial charge in [-0.15, -0.1) is 0 Å². The molecule has 2 aromatic rings. The third-order valence-electron chi connectivity index (χ3n) is 4.12. The predicted octanol–water partition coefficient (Wildman–Crippen LogP) is 2.24. The fourth-order valence-corrected chi connectivity index (χ4v) is 2.69. The molecule has 0 bridgehead atoms. The molecule has 0 fully saturated rings. The van der Waals surface area contributed by atoms with Gasteiger partial charge in [0, 0.05) is 13.1 Å². The highest BCUT2D eigenvalue weighted by atomic mass is 16.4. The summed E-state index contributed by atoms with van der Waals surface area (Å²) in [5.41, 5.74) is 7.49. The highest BCUT2D eigenvalue weighted by Gasteiger charge is 2.25. The van der Waals surface area contributed by atoms with Crippen molar-refractivity contribution in [1.29, 1.82) is 0 Å². The standard InChI is InChI=1S/C20H25N3O3/c1-15(21)19(24)22-13-18(12-16-8-4-2-5-9-16)23(20(25)26)14-17-10-6-3-7-11-17/h2-11,15,18H,12-14,21H2,1H3,(H,22,24)(H,25,26)/t15-,18?/m0/s1. The Bertz CT molecular complexity index is 705. The summed E-state index contributed by atoms with van der Waals surface area (Å²) in [5, 5.41) is 12.5. The van der Waals surface area contributed by atoms with E-state index in [-0.39, 0.29) is 19.0 Å². The van der Waals surface area contributed by atoms with Crippen LogP contribution in [0.2, 0.25) is 0 Å². The minimum Gasteiger partial charge on any atom is -0.465 e. The van der Waals surface area contributed by atoms with Crippen molar-refractivity contribution in [2.75, 3.05) is 6.54 Å². The van der Waals surface area contributed by atoms with Gasteiger partial charge in [0.1, 0.15) is 0 Å². The van der Waals surface area contributed by atoms with E-state index < -0.39 is 18.2 Å². The van der Waals surface area contributed by atoms with Gasteiger partial charge in [-0.2, -0.15) is 0 Å². The lowest BCUT2D eigenvalue weighted by molar-refractivity contribution is -0.122. The fourth-order valence-electron chi connectivity index (χ4n) is 2.69. The maximum absolute atomic E-state index is 11.9. The lowest BCUT2D eigenvalue weighted by Crippen LogP contribution is -2.49. The number of nitrogens with one attached hydrogen (secondary N) is 1. The second-order valence-electron chi connectivity index (χ2n) is 6.27. The van der Waals surface area contributed by atoms with Crippen molar-refractivity contribution in [3.63, 3.8) is 0 Å². The molecule has 0 saturated carbocycles. The highest BCUT2D eigenvalue weighted by molar-refractivity contribution is 5.81. The van der Waals surface area contributed by atoms with E-state index >= 15 is 0 Å². The van der Waals surface area contributed by atoms with Gasteiger partial charge in [0.05, 0.1) is 12.1 Å². The topological polar surface area (TPSA) is 95.7 Å². The van der Waals surface area contributed by atoms with Gasteiger partial charge in [-0.05, 0) is 24.5 Å². The number of carbonyl (C=O) groups excluding carboxylic acids is 1. The Morgan fingerprint density at radius 3 is 2.08 bits per heavy atom. The van der Waals surface area contributed by atoms with Crippen LogP contribution in [-0.2, 0) is 17.8 Å². The molecule has 2 aromatic carbocycles. The van der Waals surface area contributed by atoms with E-state index in [2.05, 4.69) is 5.32 Å². The molecule has 0 aliphatic heterocycles. The van der Waals surface area contributed by atoms with Gasteiger partial charge in [0.25, 0.3) is 0 Å². The quantitative estimate of drug-likeness (QED) is 0.677. The summed E-state index contributed by atoms with van der Waals surface area (Å²) in [6.07, 6.45) is -0.524. The van der Waals surface area contributed by atoms with Crippen LogP contribution >= 0.6 is 0 Å². The van der Waals surface area contributed by atoms with Crippen LogP contribution in [0, 0.1) is 0 Å². The Hall–Kier alpha value is -2.86. The SMILES string of the molecule is C[C@H](N)C(=O)NCC(Cc1ccccc1)N(Cc1ccccc1)C(=O)O. The molecule has 6 heteroatoms. The molecule has 0 aliphatic rings. The van der Waals surface area contributed by atoms with Gasteiger partial charge in [-0.1, -0.05) is 60.7 Å². The van der Waals surface area contributed by atoms with Crippen molar-refractivity contribution in [3.8, 4) is 0 Å². The molecule has 0 saturated heterocycles. The average Bonchev–Trinajstić information content (AvgIpc) is 2.64. The largest absolute Gasteiger partial charge is 0.465 e. The van der Waals surface area contributed by atoms with Crippen LogP contribution in [0.15, 0.2) is 60.7 Å². The van der Waals surface area contributed by atoms with E-state index in [9.17, 15) is 14.7 Å². The monoisotopic (exact) mass is 355 g/mol. The molecule has 0 heterocycles. The van der Waals surface area contributed by atoms with Crippen LogP contribution in [-0.4, -0.2) is 40.6 Å². The van der Waals surface area contributed by atoms with Gasteiger partial charge in [-0.3, -0.25) is 9.69 Å². The second kappa shape index (κ2) is 9.58. The number of carbonyl (C=O) groups is 2. The Morgan fingerprint density at radius 2 is 1.58 bits per heavy atom. The molecule has 0 aromatic heterocycles. The third kappa shape index (κ3) is 5.89. The van der Waals surface area contributed by atoms with E-state index in [1.54, 1.807) is 6.92 Å². The second-order valence-corrected chi connectivity index (χ2v) is 6.27. The summed E-state index contributed by atoms with van der Waals surface area (Å²) in [4.78, 5) is 25.1. The van der Waals surface area contributed by atoms with Crippen molar-refractivity contribution in [3.05, 3.63) is 71.8 Å². The van der Waals surface area contributed by atoms with Crippen LogP contribution in [0.4, 0.5) is 4.79 Å². The van der Waals surface area contributed by atoms with Crippen LogP contribution in [0.5, 0.6) is 0 Å². The van der Waals surface area contributed by atoms with Crippen molar-refractivity contribution >= 4 is 12.0 Å². The number of amides is 2. The van der Waals surface area contributed by atoms with Crippen LogP contribution in [0.1, 0.15) is 18.1 Å². The summed E-state index contributed by atoms with van der Waals surface area (Å²) < 4.78 is 0. The van der Waals surface area contributed by atoms with Gasteiger partial charge in [0.2, 0.25) is 5.91 Å². The average molecular weight is 355 g/mol. The number of rotatable bonds is 8. The molecule has 4 N–H and O–H groups in total.